The Balaban J connectivity index is 0.00000156. The Labute approximate surface area is 162 Å². The first-order valence-electron chi connectivity index (χ1n) is 6.49. The standard InChI is InChI=1S/C10H14N5O7P.Na.H2O/c11-10-13-8-7(9(17)14-10)12-3-15(8)6-1-4(16)5(22-6)2-21-23(18,19)20;;/h3-6,16H,1-2H2,(H2,18,19,20)(H3,11,13,14,17);;1H2/q;+1;/p-1/t4-,5-,6-;;/m0../s1. The van der Waals surface area contributed by atoms with Crippen LogP contribution in [0.1, 0.15) is 12.6 Å². The zero-order valence-electron chi connectivity index (χ0n) is 13.0. The van der Waals surface area contributed by atoms with Crippen molar-refractivity contribution in [2.24, 2.45) is 0 Å². The molecule has 0 aromatic carbocycles. The average molecular weight is 387 g/mol. The molecule has 1 unspecified atom stereocenters. The molecule has 0 radical (unpaired) electrons. The van der Waals surface area contributed by atoms with Gasteiger partial charge in [0, 0.05) is 6.42 Å². The minimum Gasteiger partial charge on any atom is -0.756 e. The predicted molar refractivity (Wildman–Crippen MR) is 76.5 cm³/mol. The molecular weight excluding hydrogens is 372 g/mol. The van der Waals surface area contributed by atoms with E-state index in [0.29, 0.717) is 0 Å². The molecule has 2 aromatic rings. The van der Waals surface area contributed by atoms with E-state index in [-0.39, 0.29) is 58.6 Å². The van der Waals surface area contributed by atoms with E-state index in [1.54, 1.807) is 0 Å². The van der Waals surface area contributed by atoms with Gasteiger partial charge in [-0.15, -0.1) is 0 Å². The molecular formula is C10H15N5NaO8P. The Bertz CT molecular complexity index is 836. The molecule has 1 aliphatic rings. The summed E-state index contributed by atoms with van der Waals surface area (Å²) < 4.78 is 21.7. The molecule has 4 atom stereocenters. The van der Waals surface area contributed by atoms with Gasteiger partial charge in [-0.1, -0.05) is 0 Å². The molecule has 0 amide bonds. The van der Waals surface area contributed by atoms with Gasteiger partial charge < -0.3 is 35.4 Å². The molecule has 1 fully saturated rings. The molecule has 2 aromatic heterocycles. The summed E-state index contributed by atoms with van der Waals surface area (Å²) in [5.41, 5.74) is 5.19. The fraction of sp³-hybridized carbons (Fsp3) is 0.500. The van der Waals surface area contributed by atoms with E-state index in [1.807, 2.05) is 0 Å². The molecule has 134 valence electrons. The summed E-state index contributed by atoms with van der Waals surface area (Å²) in [5.74, 6) is -0.102. The van der Waals surface area contributed by atoms with Gasteiger partial charge in [0.2, 0.25) is 5.95 Å². The monoisotopic (exact) mass is 387 g/mol. The molecule has 0 bridgehead atoms. The van der Waals surface area contributed by atoms with Crippen molar-refractivity contribution in [3.8, 4) is 0 Å². The van der Waals surface area contributed by atoms with Crippen LogP contribution in [0, 0.1) is 0 Å². The molecule has 0 aliphatic carbocycles. The number of rotatable bonds is 4. The number of nitrogens with zero attached hydrogens (tertiary/aromatic N) is 3. The van der Waals surface area contributed by atoms with Gasteiger partial charge in [0.15, 0.2) is 11.2 Å². The van der Waals surface area contributed by atoms with Crippen LogP contribution in [0.3, 0.4) is 0 Å². The van der Waals surface area contributed by atoms with Gasteiger partial charge in [0.25, 0.3) is 13.4 Å². The van der Waals surface area contributed by atoms with Gasteiger partial charge in [0.1, 0.15) is 12.3 Å². The molecule has 7 N–H and O–H groups in total. The van der Waals surface area contributed by atoms with Crippen LogP contribution in [0.5, 0.6) is 0 Å². The number of nitrogen functional groups attached to an aromatic ring is 1. The van der Waals surface area contributed by atoms with Crippen LogP contribution in [0.15, 0.2) is 11.1 Å². The number of ether oxygens (including phenoxy) is 1. The maximum absolute atomic E-state index is 11.7. The van der Waals surface area contributed by atoms with Gasteiger partial charge in [-0.25, -0.2) is 4.98 Å². The summed E-state index contributed by atoms with van der Waals surface area (Å²) in [5, 5.41) is 9.91. The van der Waals surface area contributed by atoms with Crippen LogP contribution in [0.4, 0.5) is 5.95 Å². The topological polar surface area (TPSA) is 220 Å². The smallest absolute Gasteiger partial charge is 0.756 e. The van der Waals surface area contributed by atoms with Gasteiger partial charge in [-0.3, -0.25) is 18.9 Å². The van der Waals surface area contributed by atoms with Crippen molar-refractivity contribution < 1.29 is 63.8 Å². The number of imidazole rings is 1. The van der Waals surface area contributed by atoms with Crippen molar-refractivity contribution in [3.63, 3.8) is 0 Å². The van der Waals surface area contributed by atoms with Crippen molar-refractivity contribution in [1.29, 1.82) is 0 Å². The normalized spacial score (nSPS) is 25.2. The third-order valence-corrected chi connectivity index (χ3v) is 3.84. The number of phosphoric ester groups is 1. The van der Waals surface area contributed by atoms with Gasteiger partial charge in [0.05, 0.1) is 19.0 Å². The summed E-state index contributed by atoms with van der Waals surface area (Å²) in [6.45, 7) is -0.544. The van der Waals surface area contributed by atoms with E-state index < -0.39 is 38.4 Å². The fourth-order valence-corrected chi connectivity index (χ4v) is 2.69. The molecule has 0 saturated carbocycles. The third-order valence-electron chi connectivity index (χ3n) is 3.37. The fourth-order valence-electron chi connectivity index (χ4n) is 2.36. The molecule has 1 saturated heterocycles. The second-order valence-corrected chi connectivity index (χ2v) is 6.17. The number of phosphoric acid groups is 1. The maximum atomic E-state index is 11.7. The number of aliphatic hydroxyl groups is 1. The second kappa shape index (κ2) is 8.22. The Kier molecular flexibility index (Phi) is 7.30. The molecule has 1 aliphatic heterocycles. The molecule has 3 heterocycles. The van der Waals surface area contributed by atoms with Crippen molar-refractivity contribution in [1.82, 2.24) is 19.5 Å². The van der Waals surface area contributed by atoms with E-state index in [1.165, 1.54) is 10.9 Å². The Morgan fingerprint density at radius 2 is 2.28 bits per heavy atom. The largest absolute Gasteiger partial charge is 1.00 e. The maximum Gasteiger partial charge on any atom is 1.00 e. The minimum atomic E-state index is -4.91. The van der Waals surface area contributed by atoms with E-state index in [4.69, 9.17) is 15.4 Å². The molecule has 3 rings (SSSR count). The average Bonchev–Trinajstić information content (AvgIpc) is 2.99. The van der Waals surface area contributed by atoms with E-state index in [2.05, 4.69) is 19.5 Å². The Hall–Kier alpha value is -0.860. The second-order valence-electron chi connectivity index (χ2n) is 4.97. The Morgan fingerprint density at radius 3 is 2.92 bits per heavy atom. The number of hydrogen-bond acceptors (Lipinski definition) is 9. The number of hydrogen-bond donors (Lipinski definition) is 4. The summed E-state index contributed by atoms with van der Waals surface area (Å²) in [6, 6.07) is 0. The molecule has 13 nitrogen and oxygen atoms in total. The summed E-state index contributed by atoms with van der Waals surface area (Å²) in [4.78, 5) is 41.1. The number of aliphatic hydroxyl groups excluding tert-OH is 1. The predicted octanol–water partition coefficient (Wildman–Crippen LogP) is -5.99. The summed E-state index contributed by atoms with van der Waals surface area (Å²) >= 11 is 0. The first-order chi connectivity index (χ1) is 10.7. The zero-order chi connectivity index (χ0) is 16.8. The molecule has 15 heteroatoms. The van der Waals surface area contributed by atoms with Crippen LogP contribution < -0.4 is 45.7 Å². The van der Waals surface area contributed by atoms with Crippen LogP contribution >= 0.6 is 7.82 Å². The zero-order valence-corrected chi connectivity index (χ0v) is 15.9. The number of fused-ring (bicyclic) bond motifs is 1. The van der Waals surface area contributed by atoms with Gasteiger partial charge in [-0.2, -0.15) is 4.98 Å². The van der Waals surface area contributed by atoms with Crippen molar-refractivity contribution in [3.05, 3.63) is 16.7 Å². The number of aromatic amines is 1. The van der Waals surface area contributed by atoms with Crippen molar-refractivity contribution in [2.75, 3.05) is 12.3 Å². The minimum absolute atomic E-state index is 0. The number of anilines is 1. The van der Waals surface area contributed by atoms with Gasteiger partial charge in [-0.05, 0) is 0 Å². The summed E-state index contributed by atoms with van der Waals surface area (Å²) in [7, 11) is -4.91. The first kappa shape index (κ1) is 22.2. The van der Waals surface area contributed by atoms with E-state index >= 15 is 0 Å². The van der Waals surface area contributed by atoms with Crippen LogP contribution in [0.25, 0.3) is 11.2 Å². The molecule has 0 spiro atoms. The Morgan fingerprint density at radius 1 is 1.60 bits per heavy atom. The number of nitrogens with one attached hydrogen (secondary N) is 1. The number of H-pyrrole nitrogens is 1. The molecule has 25 heavy (non-hydrogen) atoms. The SMILES string of the molecule is Nc1nc2c(ncn2[C@@H]2C[C@H](O)[C@H](COP(=O)([O-])O)O2)c(=O)[nH]1.O.[Na+]. The van der Waals surface area contributed by atoms with Crippen LogP contribution in [-0.2, 0) is 13.8 Å². The van der Waals surface area contributed by atoms with Crippen LogP contribution in [-0.4, -0.2) is 53.8 Å². The van der Waals surface area contributed by atoms with Gasteiger partial charge >= 0.3 is 29.6 Å². The van der Waals surface area contributed by atoms with Crippen molar-refractivity contribution >= 4 is 24.9 Å². The summed E-state index contributed by atoms with van der Waals surface area (Å²) in [6.07, 6.45) is -1.38. The quantitative estimate of drug-likeness (QED) is 0.287. The van der Waals surface area contributed by atoms with Crippen molar-refractivity contribution in [2.45, 2.75) is 24.9 Å². The number of aromatic nitrogens is 4. The third kappa shape index (κ3) is 4.86. The van der Waals surface area contributed by atoms with E-state index in [9.17, 15) is 19.4 Å². The first-order valence-corrected chi connectivity index (χ1v) is 7.98. The number of nitrogens with two attached hydrogens (primary N) is 1. The van der Waals surface area contributed by atoms with Crippen LogP contribution in [0.2, 0.25) is 0 Å². The van der Waals surface area contributed by atoms with E-state index in [0.717, 1.165) is 0 Å².